The van der Waals surface area contributed by atoms with Crippen molar-refractivity contribution in [1.29, 1.82) is 0 Å². The van der Waals surface area contributed by atoms with Gasteiger partial charge in [-0.2, -0.15) is 9.97 Å². The number of hydrogen-bond donors (Lipinski definition) is 0. The van der Waals surface area contributed by atoms with Crippen LogP contribution in [0.5, 0.6) is 0 Å². The van der Waals surface area contributed by atoms with Gasteiger partial charge in [-0.3, -0.25) is 13.9 Å². The molecule has 0 saturated heterocycles. The third kappa shape index (κ3) is 4.70. The lowest BCUT2D eigenvalue weighted by molar-refractivity contribution is 0.954. The lowest BCUT2D eigenvalue weighted by Gasteiger charge is -2.17. The second-order valence-electron chi connectivity index (χ2n) is 13.6. The molecule has 11 rings (SSSR count). The summed E-state index contributed by atoms with van der Waals surface area (Å²) in [5.41, 5.74) is 7.85. The van der Waals surface area contributed by atoms with Gasteiger partial charge in [0.2, 0.25) is 5.95 Å². The molecule has 11 aromatic rings. The molecule has 258 valence electrons. The molecule has 0 spiro atoms. The van der Waals surface area contributed by atoms with Gasteiger partial charge in [-0.1, -0.05) is 140 Å². The van der Waals surface area contributed by atoms with E-state index in [1.54, 1.807) is 0 Å². The second-order valence-corrected chi connectivity index (χ2v) is 13.6. The van der Waals surface area contributed by atoms with Crippen LogP contribution in [-0.2, 0) is 0 Å². The highest BCUT2D eigenvalue weighted by molar-refractivity contribution is 6.27. The molecule has 0 saturated carbocycles. The maximum absolute atomic E-state index is 15.2. The van der Waals surface area contributed by atoms with E-state index in [4.69, 9.17) is 15.0 Å². The van der Waals surface area contributed by atoms with Crippen molar-refractivity contribution >= 4 is 54.5 Å². The Morgan fingerprint density at radius 1 is 0.345 bits per heavy atom. The normalized spacial score (nSPS) is 11.7. The van der Waals surface area contributed by atoms with E-state index in [1.807, 2.05) is 132 Å². The van der Waals surface area contributed by atoms with Crippen LogP contribution in [0.1, 0.15) is 0 Å². The topological polar surface area (TPSA) is 70.5 Å². The summed E-state index contributed by atoms with van der Waals surface area (Å²) in [7, 11) is 0. The molecule has 0 fully saturated rings. The fraction of sp³-hybridized carbons (Fsp3) is 0. The Bertz CT molecular complexity index is 3260. The summed E-state index contributed by atoms with van der Waals surface area (Å²) in [5.74, 6) is 1.63. The van der Waals surface area contributed by atoms with Gasteiger partial charge in [0.1, 0.15) is 0 Å². The quantitative estimate of drug-likeness (QED) is 0.179. The van der Waals surface area contributed by atoms with Gasteiger partial charge < -0.3 is 4.57 Å². The first-order valence-corrected chi connectivity index (χ1v) is 18.3. The number of rotatable bonds is 5. The molecule has 0 radical (unpaired) electrons. The molecule has 55 heavy (non-hydrogen) atoms. The molecule has 4 aromatic heterocycles. The average Bonchev–Trinajstić information content (AvgIpc) is 3.79. The maximum atomic E-state index is 15.2. The van der Waals surface area contributed by atoms with E-state index in [0.29, 0.717) is 23.0 Å². The molecule has 0 aliphatic carbocycles. The second kappa shape index (κ2) is 12.2. The number of fused-ring (bicyclic) bond motifs is 9. The van der Waals surface area contributed by atoms with E-state index in [0.717, 1.165) is 71.6 Å². The first-order chi connectivity index (χ1) is 27.2. The molecule has 0 atom stereocenters. The van der Waals surface area contributed by atoms with Crippen LogP contribution < -0.4 is 5.56 Å². The molecule has 0 aliphatic heterocycles. The summed E-state index contributed by atoms with van der Waals surface area (Å²) in [5, 5.41) is 4.52. The number of para-hydroxylation sites is 4. The lowest BCUT2D eigenvalue weighted by atomic mass is 10.0. The number of pyridine rings is 1. The summed E-state index contributed by atoms with van der Waals surface area (Å²) in [6.45, 7) is 0. The Hall–Kier alpha value is -7.64. The zero-order valence-electron chi connectivity index (χ0n) is 29.4. The smallest absolute Gasteiger partial charge is 0.265 e. The van der Waals surface area contributed by atoms with Gasteiger partial charge in [-0.05, 0) is 42.5 Å². The van der Waals surface area contributed by atoms with E-state index < -0.39 is 0 Å². The molecular formula is C48H30N6O. The standard InChI is InChI=1S/C48H30N6O/c55-47-41-37-26-14-16-28-39(37)52(33-21-9-3-10-22-33)44(41)42-40(53(47)34-23-11-4-12-24-34)30-29-36-35-25-13-15-27-38(35)54(43(36)42)48-50-45(31-17-5-1-6-18-31)49-46(51-48)32-19-7-2-8-20-32/h1-30H. The van der Waals surface area contributed by atoms with Crippen LogP contribution in [0, 0.1) is 0 Å². The van der Waals surface area contributed by atoms with Crippen LogP contribution in [0.25, 0.3) is 94.6 Å². The molecule has 0 unspecified atom stereocenters. The number of hydrogen-bond acceptors (Lipinski definition) is 4. The summed E-state index contributed by atoms with van der Waals surface area (Å²) in [6, 6.07) is 61.1. The van der Waals surface area contributed by atoms with Gasteiger partial charge in [0.25, 0.3) is 5.56 Å². The number of nitrogens with zero attached hydrogens (tertiary/aromatic N) is 6. The van der Waals surface area contributed by atoms with Gasteiger partial charge in [0, 0.05) is 44.0 Å². The molecular weight excluding hydrogens is 677 g/mol. The van der Waals surface area contributed by atoms with Crippen LogP contribution >= 0.6 is 0 Å². The van der Waals surface area contributed by atoms with Gasteiger partial charge in [0.15, 0.2) is 11.6 Å². The van der Waals surface area contributed by atoms with Crippen molar-refractivity contribution in [2.45, 2.75) is 0 Å². The maximum Gasteiger partial charge on any atom is 0.265 e. The Kier molecular flexibility index (Phi) is 6.87. The van der Waals surface area contributed by atoms with Crippen molar-refractivity contribution in [1.82, 2.24) is 28.7 Å². The minimum absolute atomic E-state index is 0.0838. The van der Waals surface area contributed by atoms with Crippen molar-refractivity contribution in [3.63, 3.8) is 0 Å². The highest BCUT2D eigenvalue weighted by Gasteiger charge is 2.26. The van der Waals surface area contributed by atoms with Crippen molar-refractivity contribution in [2.75, 3.05) is 0 Å². The zero-order chi connectivity index (χ0) is 36.5. The summed E-state index contributed by atoms with van der Waals surface area (Å²) >= 11 is 0. The number of benzene rings is 7. The van der Waals surface area contributed by atoms with E-state index in [9.17, 15) is 0 Å². The van der Waals surface area contributed by atoms with E-state index in [2.05, 4.69) is 63.7 Å². The van der Waals surface area contributed by atoms with Crippen LogP contribution in [-0.4, -0.2) is 28.7 Å². The van der Waals surface area contributed by atoms with E-state index >= 15 is 4.79 Å². The third-order valence-electron chi connectivity index (χ3n) is 10.5. The minimum Gasteiger partial charge on any atom is -0.308 e. The Morgan fingerprint density at radius 2 is 0.836 bits per heavy atom. The van der Waals surface area contributed by atoms with Gasteiger partial charge in [-0.25, -0.2) is 4.98 Å². The Balaban J connectivity index is 1.40. The Morgan fingerprint density at radius 3 is 1.44 bits per heavy atom. The number of aromatic nitrogens is 6. The van der Waals surface area contributed by atoms with Gasteiger partial charge in [-0.15, -0.1) is 0 Å². The summed E-state index contributed by atoms with van der Waals surface area (Å²) < 4.78 is 6.27. The fourth-order valence-electron chi connectivity index (χ4n) is 8.16. The molecule has 0 aliphatic rings. The molecule has 0 bridgehead atoms. The monoisotopic (exact) mass is 706 g/mol. The van der Waals surface area contributed by atoms with Gasteiger partial charge in [0.05, 0.1) is 33.0 Å². The molecule has 7 aromatic carbocycles. The van der Waals surface area contributed by atoms with Crippen molar-refractivity contribution < 1.29 is 0 Å². The highest BCUT2D eigenvalue weighted by Crippen LogP contribution is 2.42. The van der Waals surface area contributed by atoms with Gasteiger partial charge >= 0.3 is 0 Å². The van der Waals surface area contributed by atoms with Crippen LogP contribution in [0.3, 0.4) is 0 Å². The lowest BCUT2D eigenvalue weighted by Crippen LogP contribution is -2.19. The molecule has 4 heterocycles. The molecule has 0 N–H and O–H groups in total. The summed E-state index contributed by atoms with van der Waals surface area (Å²) in [6.07, 6.45) is 0. The van der Waals surface area contributed by atoms with Crippen LogP contribution in [0.2, 0.25) is 0 Å². The minimum atomic E-state index is -0.0838. The average molecular weight is 707 g/mol. The third-order valence-corrected chi connectivity index (χ3v) is 10.5. The molecule has 7 heteroatoms. The summed E-state index contributed by atoms with van der Waals surface area (Å²) in [4.78, 5) is 30.7. The van der Waals surface area contributed by atoms with E-state index in [-0.39, 0.29) is 5.56 Å². The largest absolute Gasteiger partial charge is 0.308 e. The fourth-order valence-corrected chi connectivity index (χ4v) is 8.16. The highest BCUT2D eigenvalue weighted by atomic mass is 16.1. The predicted octanol–water partition coefficient (Wildman–Crippen LogP) is 10.7. The predicted molar refractivity (Wildman–Crippen MR) is 222 cm³/mol. The van der Waals surface area contributed by atoms with E-state index in [1.165, 1.54) is 0 Å². The first kappa shape index (κ1) is 30.9. The SMILES string of the molecule is O=c1c2c3ccccc3n(-c3ccccc3)c2c2c(ccc3c4ccccc4n(-c4nc(-c5ccccc5)nc(-c5ccccc5)n4)c32)n1-c1ccccc1. The van der Waals surface area contributed by atoms with Crippen molar-refractivity contribution in [3.8, 4) is 40.1 Å². The van der Waals surface area contributed by atoms with Crippen molar-refractivity contribution in [3.05, 3.63) is 192 Å². The molecule has 0 amide bonds. The van der Waals surface area contributed by atoms with Crippen LogP contribution in [0.15, 0.2) is 187 Å². The van der Waals surface area contributed by atoms with Crippen molar-refractivity contribution in [2.24, 2.45) is 0 Å². The van der Waals surface area contributed by atoms with Crippen LogP contribution in [0.4, 0.5) is 0 Å². The zero-order valence-corrected chi connectivity index (χ0v) is 29.4. The molecule has 7 nitrogen and oxygen atoms in total. The Labute approximate surface area is 314 Å². The first-order valence-electron chi connectivity index (χ1n) is 18.3.